The molecule has 2 aromatic rings. The molecular weight excluding hydrogens is 282 g/mol. The van der Waals surface area contributed by atoms with Crippen LogP contribution in [0.1, 0.15) is 30.0 Å². The Hall–Kier alpha value is -1.75. The number of nitrogens with zero attached hydrogens (tertiary/aromatic N) is 3. The molecule has 0 saturated carbocycles. The number of para-hydroxylation sites is 1. The zero-order valence-corrected chi connectivity index (χ0v) is 13.4. The van der Waals surface area contributed by atoms with Crippen LogP contribution in [0.4, 0.5) is 5.69 Å². The SMILES string of the molecule is CCn1nc(C)cc1C(=O)N1CC(C)Sc2ccccc21. The summed E-state index contributed by atoms with van der Waals surface area (Å²) in [5, 5.41) is 4.78. The van der Waals surface area contributed by atoms with Crippen LogP contribution in [0.15, 0.2) is 35.2 Å². The lowest BCUT2D eigenvalue weighted by Gasteiger charge is -2.32. The second kappa shape index (κ2) is 5.56. The van der Waals surface area contributed by atoms with E-state index in [4.69, 9.17) is 0 Å². The molecule has 2 heterocycles. The fourth-order valence-electron chi connectivity index (χ4n) is 2.68. The number of aromatic nitrogens is 2. The fraction of sp³-hybridized carbons (Fsp3) is 0.375. The summed E-state index contributed by atoms with van der Waals surface area (Å²) in [6.45, 7) is 7.52. The summed E-state index contributed by atoms with van der Waals surface area (Å²) in [6, 6.07) is 9.98. The van der Waals surface area contributed by atoms with E-state index in [9.17, 15) is 4.79 Å². The van der Waals surface area contributed by atoms with Crippen LogP contribution in [-0.2, 0) is 6.54 Å². The molecular formula is C16H19N3OS. The van der Waals surface area contributed by atoms with Crippen LogP contribution in [0.25, 0.3) is 0 Å². The van der Waals surface area contributed by atoms with E-state index in [2.05, 4.69) is 18.1 Å². The lowest BCUT2D eigenvalue weighted by atomic mass is 10.2. The number of aryl methyl sites for hydroxylation is 2. The quantitative estimate of drug-likeness (QED) is 0.853. The fourth-order valence-corrected chi connectivity index (χ4v) is 3.79. The summed E-state index contributed by atoms with van der Waals surface area (Å²) in [7, 11) is 0. The minimum Gasteiger partial charge on any atom is -0.305 e. The molecule has 110 valence electrons. The van der Waals surface area contributed by atoms with Crippen LogP contribution in [0.3, 0.4) is 0 Å². The minimum atomic E-state index is 0.0389. The molecule has 3 rings (SSSR count). The Labute approximate surface area is 129 Å². The van der Waals surface area contributed by atoms with E-state index >= 15 is 0 Å². The average Bonchev–Trinajstić information content (AvgIpc) is 2.86. The van der Waals surface area contributed by atoms with Crippen LogP contribution in [-0.4, -0.2) is 27.5 Å². The molecule has 0 aliphatic carbocycles. The van der Waals surface area contributed by atoms with Crippen molar-refractivity contribution in [3.05, 3.63) is 41.7 Å². The molecule has 4 nitrogen and oxygen atoms in total. The number of carbonyl (C=O) groups is 1. The van der Waals surface area contributed by atoms with Gasteiger partial charge in [-0.15, -0.1) is 11.8 Å². The zero-order valence-electron chi connectivity index (χ0n) is 12.5. The van der Waals surface area contributed by atoms with E-state index in [-0.39, 0.29) is 5.91 Å². The minimum absolute atomic E-state index is 0.0389. The second-order valence-electron chi connectivity index (χ2n) is 5.30. The van der Waals surface area contributed by atoms with Crippen molar-refractivity contribution in [2.45, 2.75) is 37.5 Å². The summed E-state index contributed by atoms with van der Waals surface area (Å²) in [6.07, 6.45) is 0. The molecule has 0 spiro atoms. The van der Waals surface area contributed by atoms with Crippen LogP contribution in [0.2, 0.25) is 0 Å². The summed E-state index contributed by atoms with van der Waals surface area (Å²) in [5.74, 6) is 0.0389. The molecule has 0 bridgehead atoms. The molecule has 5 heteroatoms. The Morgan fingerprint density at radius 1 is 1.43 bits per heavy atom. The Kier molecular flexibility index (Phi) is 3.76. The van der Waals surface area contributed by atoms with Gasteiger partial charge in [0.05, 0.1) is 11.4 Å². The third kappa shape index (κ3) is 2.58. The first-order chi connectivity index (χ1) is 10.1. The predicted molar refractivity (Wildman–Crippen MR) is 86.1 cm³/mol. The third-order valence-corrected chi connectivity index (χ3v) is 4.74. The molecule has 1 aromatic carbocycles. The second-order valence-corrected chi connectivity index (χ2v) is 6.78. The topological polar surface area (TPSA) is 38.1 Å². The highest BCUT2D eigenvalue weighted by atomic mass is 32.2. The molecule has 0 fully saturated rings. The molecule has 0 N–H and O–H groups in total. The van der Waals surface area contributed by atoms with Gasteiger partial charge in [-0.05, 0) is 32.0 Å². The lowest BCUT2D eigenvalue weighted by Crippen LogP contribution is -2.39. The number of rotatable bonds is 2. The van der Waals surface area contributed by atoms with Gasteiger partial charge in [0.1, 0.15) is 5.69 Å². The average molecular weight is 301 g/mol. The Bertz CT molecular complexity index is 680. The maximum absolute atomic E-state index is 13.0. The molecule has 1 unspecified atom stereocenters. The van der Waals surface area contributed by atoms with Gasteiger partial charge in [-0.3, -0.25) is 9.48 Å². The van der Waals surface area contributed by atoms with Crippen molar-refractivity contribution < 1.29 is 4.79 Å². The van der Waals surface area contributed by atoms with Crippen LogP contribution < -0.4 is 4.90 Å². The molecule has 21 heavy (non-hydrogen) atoms. The summed E-state index contributed by atoms with van der Waals surface area (Å²) in [5.41, 5.74) is 2.56. The number of thioether (sulfide) groups is 1. The maximum atomic E-state index is 13.0. The van der Waals surface area contributed by atoms with Crippen molar-refractivity contribution in [1.82, 2.24) is 9.78 Å². The first kappa shape index (κ1) is 14.2. The van der Waals surface area contributed by atoms with Gasteiger partial charge >= 0.3 is 0 Å². The maximum Gasteiger partial charge on any atom is 0.276 e. The molecule has 1 amide bonds. The standard InChI is InChI=1S/C16H19N3OS/c1-4-19-14(9-11(2)17-19)16(20)18-10-12(3)21-15-8-6-5-7-13(15)18/h5-9,12H,4,10H2,1-3H3. The normalized spacial score (nSPS) is 17.7. The van der Waals surface area contributed by atoms with Gasteiger partial charge in [-0.2, -0.15) is 5.10 Å². The number of amides is 1. The van der Waals surface area contributed by atoms with Gasteiger partial charge < -0.3 is 4.90 Å². The molecule has 1 aliphatic rings. The number of hydrogen-bond acceptors (Lipinski definition) is 3. The van der Waals surface area contributed by atoms with Gasteiger partial charge in [0, 0.05) is 23.2 Å². The largest absolute Gasteiger partial charge is 0.305 e. The molecule has 1 atom stereocenters. The number of carbonyl (C=O) groups excluding carboxylic acids is 1. The highest BCUT2D eigenvalue weighted by molar-refractivity contribution is 8.00. The lowest BCUT2D eigenvalue weighted by molar-refractivity contribution is 0.0976. The predicted octanol–water partition coefficient (Wildman–Crippen LogP) is 3.35. The van der Waals surface area contributed by atoms with E-state index in [1.165, 1.54) is 4.90 Å². The Morgan fingerprint density at radius 3 is 2.95 bits per heavy atom. The molecule has 0 radical (unpaired) electrons. The highest BCUT2D eigenvalue weighted by Gasteiger charge is 2.29. The van der Waals surface area contributed by atoms with E-state index in [1.807, 2.05) is 54.8 Å². The summed E-state index contributed by atoms with van der Waals surface area (Å²) < 4.78 is 1.78. The van der Waals surface area contributed by atoms with Crippen LogP contribution in [0, 0.1) is 6.92 Å². The monoisotopic (exact) mass is 301 g/mol. The van der Waals surface area contributed by atoms with E-state index in [0.29, 0.717) is 17.5 Å². The number of benzene rings is 1. The van der Waals surface area contributed by atoms with Crippen molar-refractivity contribution >= 4 is 23.4 Å². The highest BCUT2D eigenvalue weighted by Crippen LogP contribution is 2.38. The van der Waals surface area contributed by atoms with Gasteiger partial charge in [0.2, 0.25) is 0 Å². The van der Waals surface area contributed by atoms with Gasteiger partial charge in [0.15, 0.2) is 0 Å². The van der Waals surface area contributed by atoms with Crippen molar-refractivity contribution in [2.24, 2.45) is 0 Å². The van der Waals surface area contributed by atoms with Gasteiger partial charge in [-0.1, -0.05) is 19.1 Å². The van der Waals surface area contributed by atoms with E-state index < -0.39 is 0 Å². The van der Waals surface area contributed by atoms with Crippen molar-refractivity contribution in [2.75, 3.05) is 11.4 Å². The number of anilines is 1. The van der Waals surface area contributed by atoms with Crippen LogP contribution in [0.5, 0.6) is 0 Å². The zero-order chi connectivity index (χ0) is 15.0. The van der Waals surface area contributed by atoms with Crippen molar-refractivity contribution in [3.8, 4) is 0 Å². The Balaban J connectivity index is 2.02. The molecule has 0 saturated heterocycles. The number of fused-ring (bicyclic) bond motifs is 1. The summed E-state index contributed by atoms with van der Waals surface area (Å²) in [4.78, 5) is 16.0. The third-order valence-electron chi connectivity index (χ3n) is 3.59. The van der Waals surface area contributed by atoms with Crippen molar-refractivity contribution in [1.29, 1.82) is 0 Å². The van der Waals surface area contributed by atoms with E-state index in [0.717, 1.165) is 17.9 Å². The first-order valence-corrected chi connectivity index (χ1v) is 8.10. The van der Waals surface area contributed by atoms with Crippen LogP contribution >= 0.6 is 11.8 Å². The smallest absolute Gasteiger partial charge is 0.276 e. The Morgan fingerprint density at radius 2 is 2.19 bits per heavy atom. The van der Waals surface area contributed by atoms with Gasteiger partial charge in [0.25, 0.3) is 5.91 Å². The van der Waals surface area contributed by atoms with Crippen molar-refractivity contribution in [3.63, 3.8) is 0 Å². The first-order valence-electron chi connectivity index (χ1n) is 7.22. The molecule has 1 aliphatic heterocycles. The van der Waals surface area contributed by atoms with Gasteiger partial charge in [-0.25, -0.2) is 0 Å². The number of hydrogen-bond donors (Lipinski definition) is 0. The summed E-state index contributed by atoms with van der Waals surface area (Å²) >= 11 is 1.83. The van der Waals surface area contributed by atoms with E-state index in [1.54, 1.807) is 4.68 Å². The molecule has 1 aromatic heterocycles.